The number of hydrogen-bond acceptors (Lipinski definition) is 4. The van der Waals surface area contributed by atoms with Crippen LogP contribution >= 0.6 is 0 Å². The van der Waals surface area contributed by atoms with Crippen LogP contribution in [0.15, 0.2) is 47.4 Å². The molecule has 1 N–H and O–H groups in total. The van der Waals surface area contributed by atoms with Crippen molar-refractivity contribution in [3.8, 4) is 0 Å². The van der Waals surface area contributed by atoms with Gasteiger partial charge in [-0.05, 0) is 118 Å². The standard InChI is InChI=1S/C30H43BN4OS.C2H6/c1-23-6-7-27(20-24(23)2)26-10-14-33(15-11-26)22-25-8-16-34(17-9-25)29-4-3-5-30(21-29)37(36)35-18-12-28(32-31)13-19-35;1-2/h3-7,20-21,25-26,28,32H,8-19,22H2,1-2H3;1-2H3. The number of rotatable bonds is 7. The van der Waals surface area contributed by atoms with Gasteiger partial charge in [-0.15, -0.1) is 0 Å². The summed E-state index contributed by atoms with van der Waals surface area (Å²) in [5.41, 5.74) is 5.58. The Labute approximate surface area is 241 Å². The van der Waals surface area contributed by atoms with Gasteiger partial charge in [0.1, 0.15) is 11.0 Å². The Morgan fingerprint density at radius 2 is 1.54 bits per heavy atom. The van der Waals surface area contributed by atoms with Gasteiger partial charge in [-0.3, -0.25) is 0 Å². The minimum absolute atomic E-state index is 0.338. The van der Waals surface area contributed by atoms with Crippen molar-refractivity contribution in [2.75, 3.05) is 50.7 Å². The van der Waals surface area contributed by atoms with Crippen LogP contribution in [0.2, 0.25) is 0 Å². The fourth-order valence-electron chi connectivity index (χ4n) is 6.33. The SMILES string of the molecule is CC.[B]NC1CCN(S(=O)c2cccc(N3CCC(CN4CCC(c5ccc(C)c(C)c5)CC4)CC3)c2)CC1. The lowest BCUT2D eigenvalue weighted by Gasteiger charge is -2.38. The van der Waals surface area contributed by atoms with E-state index in [4.69, 9.17) is 7.98 Å². The third-order valence-electron chi connectivity index (χ3n) is 9.03. The number of likely N-dealkylation sites (tertiary alicyclic amines) is 1. The van der Waals surface area contributed by atoms with Gasteiger partial charge in [0.25, 0.3) is 0 Å². The maximum atomic E-state index is 13.2. The minimum atomic E-state index is -1.10. The van der Waals surface area contributed by atoms with E-state index in [1.165, 1.54) is 67.7 Å². The van der Waals surface area contributed by atoms with Crippen molar-refractivity contribution in [2.24, 2.45) is 5.92 Å². The molecule has 0 aromatic heterocycles. The van der Waals surface area contributed by atoms with Crippen LogP contribution in [0.4, 0.5) is 5.69 Å². The first-order chi connectivity index (χ1) is 19.0. The molecule has 1 atom stereocenters. The number of aryl methyl sites for hydroxylation is 2. The summed E-state index contributed by atoms with van der Waals surface area (Å²) in [6, 6.07) is 15.8. The summed E-state index contributed by atoms with van der Waals surface area (Å²) >= 11 is 0. The molecule has 0 saturated carbocycles. The molecule has 0 bridgehead atoms. The first kappa shape index (κ1) is 30.3. The molecular weight excluding hydrogens is 499 g/mol. The van der Waals surface area contributed by atoms with E-state index >= 15 is 0 Å². The summed E-state index contributed by atoms with van der Waals surface area (Å²) in [6.45, 7) is 16.0. The van der Waals surface area contributed by atoms with Crippen LogP contribution in [0.3, 0.4) is 0 Å². The Morgan fingerprint density at radius 1 is 0.846 bits per heavy atom. The molecule has 1 unspecified atom stereocenters. The maximum Gasteiger partial charge on any atom is 0.178 e. The average Bonchev–Trinajstić information content (AvgIpc) is 3.00. The quantitative estimate of drug-likeness (QED) is 0.459. The van der Waals surface area contributed by atoms with Gasteiger partial charge in [-0.1, -0.05) is 38.1 Å². The molecule has 3 fully saturated rings. The molecule has 5 rings (SSSR count). The summed E-state index contributed by atoms with van der Waals surface area (Å²) in [5, 5.41) is 2.86. The molecule has 3 saturated heterocycles. The van der Waals surface area contributed by atoms with Crippen LogP contribution in [-0.4, -0.2) is 73.3 Å². The fourth-order valence-corrected chi connectivity index (χ4v) is 7.59. The van der Waals surface area contributed by atoms with Crippen molar-refractivity contribution in [1.82, 2.24) is 14.4 Å². The molecule has 39 heavy (non-hydrogen) atoms. The zero-order valence-electron chi connectivity index (χ0n) is 24.7. The molecule has 7 heteroatoms. The molecule has 0 aliphatic carbocycles. The largest absolute Gasteiger partial charge is 0.371 e. The van der Waals surface area contributed by atoms with Crippen LogP contribution in [0.1, 0.15) is 75.0 Å². The Morgan fingerprint density at radius 3 is 2.18 bits per heavy atom. The predicted octanol–water partition coefficient (Wildman–Crippen LogP) is 5.59. The number of nitrogens with one attached hydrogen (secondary N) is 1. The predicted molar refractivity (Wildman–Crippen MR) is 167 cm³/mol. The van der Waals surface area contributed by atoms with Crippen LogP contribution in [-0.2, 0) is 11.0 Å². The van der Waals surface area contributed by atoms with Crippen molar-refractivity contribution < 1.29 is 4.21 Å². The second kappa shape index (κ2) is 14.8. The molecule has 0 spiro atoms. The number of hydrogen-bond donors (Lipinski definition) is 1. The fraction of sp³-hybridized carbons (Fsp3) is 0.625. The number of nitrogens with zero attached hydrogens (tertiary/aromatic N) is 3. The van der Waals surface area contributed by atoms with Gasteiger partial charge in [-0.25, -0.2) is 8.51 Å². The molecule has 3 aliphatic rings. The van der Waals surface area contributed by atoms with E-state index in [0.29, 0.717) is 6.04 Å². The van der Waals surface area contributed by atoms with Crippen molar-refractivity contribution in [2.45, 2.75) is 83.1 Å². The van der Waals surface area contributed by atoms with E-state index < -0.39 is 11.0 Å². The first-order valence-corrected chi connectivity index (χ1v) is 16.4. The molecule has 2 aromatic rings. The summed E-state index contributed by atoms with van der Waals surface area (Å²) < 4.78 is 15.3. The zero-order valence-corrected chi connectivity index (χ0v) is 25.5. The van der Waals surface area contributed by atoms with E-state index in [0.717, 1.165) is 55.8 Å². The highest BCUT2D eigenvalue weighted by atomic mass is 32.2. The lowest BCUT2D eigenvalue weighted by molar-refractivity contribution is 0.170. The monoisotopic (exact) mass is 548 g/mol. The summed E-state index contributed by atoms with van der Waals surface area (Å²) in [6.07, 6.45) is 6.93. The van der Waals surface area contributed by atoms with Crippen LogP contribution < -0.4 is 10.1 Å². The average molecular weight is 549 g/mol. The highest BCUT2D eigenvalue weighted by Crippen LogP contribution is 2.31. The highest BCUT2D eigenvalue weighted by Gasteiger charge is 2.27. The lowest BCUT2D eigenvalue weighted by Crippen LogP contribution is -2.42. The first-order valence-electron chi connectivity index (χ1n) is 15.3. The third kappa shape index (κ3) is 7.96. The zero-order chi connectivity index (χ0) is 27.8. The molecule has 3 heterocycles. The minimum Gasteiger partial charge on any atom is -0.371 e. The Bertz CT molecular complexity index is 1060. The molecule has 5 nitrogen and oxygen atoms in total. The molecule has 0 amide bonds. The summed E-state index contributed by atoms with van der Waals surface area (Å²) in [4.78, 5) is 6.13. The van der Waals surface area contributed by atoms with Gasteiger partial charge in [0.15, 0.2) is 7.98 Å². The van der Waals surface area contributed by atoms with E-state index in [9.17, 15) is 4.21 Å². The molecule has 2 aromatic carbocycles. The molecule has 212 valence electrons. The Kier molecular flexibility index (Phi) is 11.5. The van der Waals surface area contributed by atoms with Crippen LogP contribution in [0, 0.1) is 19.8 Å². The second-order valence-electron chi connectivity index (χ2n) is 11.5. The van der Waals surface area contributed by atoms with Crippen LogP contribution in [0.25, 0.3) is 0 Å². The van der Waals surface area contributed by atoms with Crippen molar-refractivity contribution in [3.05, 3.63) is 59.2 Å². The van der Waals surface area contributed by atoms with Gasteiger partial charge in [-0.2, -0.15) is 0 Å². The number of benzene rings is 2. The van der Waals surface area contributed by atoms with Gasteiger partial charge in [0.2, 0.25) is 0 Å². The molecule has 2 radical (unpaired) electrons. The Hall–Kier alpha value is -1.67. The highest BCUT2D eigenvalue weighted by molar-refractivity contribution is 7.82. The van der Waals surface area contributed by atoms with Crippen molar-refractivity contribution in [3.63, 3.8) is 0 Å². The van der Waals surface area contributed by atoms with Gasteiger partial charge >= 0.3 is 0 Å². The normalized spacial score (nSPS) is 21.4. The van der Waals surface area contributed by atoms with E-state index in [2.05, 4.69) is 69.6 Å². The smallest absolute Gasteiger partial charge is 0.178 e. The summed E-state index contributed by atoms with van der Waals surface area (Å²) in [7, 11) is 4.48. The molecular formula is C32H49BN4OS. The third-order valence-corrected chi connectivity index (χ3v) is 10.5. The van der Waals surface area contributed by atoms with Gasteiger partial charge in [0.05, 0.1) is 4.90 Å². The second-order valence-corrected chi connectivity index (χ2v) is 13.0. The van der Waals surface area contributed by atoms with Gasteiger partial charge in [0, 0.05) is 38.4 Å². The van der Waals surface area contributed by atoms with Crippen molar-refractivity contribution in [1.29, 1.82) is 0 Å². The Balaban J connectivity index is 0.00000172. The topological polar surface area (TPSA) is 38.8 Å². The number of piperidine rings is 3. The van der Waals surface area contributed by atoms with E-state index in [1.54, 1.807) is 0 Å². The molecule has 3 aliphatic heterocycles. The van der Waals surface area contributed by atoms with Gasteiger partial charge < -0.3 is 15.0 Å². The maximum absolute atomic E-state index is 13.2. The van der Waals surface area contributed by atoms with Crippen LogP contribution in [0.5, 0.6) is 0 Å². The van der Waals surface area contributed by atoms with E-state index in [1.807, 2.05) is 19.9 Å². The number of anilines is 1. The van der Waals surface area contributed by atoms with Crippen molar-refractivity contribution >= 4 is 24.7 Å². The van der Waals surface area contributed by atoms with E-state index in [-0.39, 0.29) is 0 Å². The summed E-state index contributed by atoms with van der Waals surface area (Å²) in [5.74, 6) is 1.50. The lowest BCUT2D eigenvalue weighted by atomic mass is 9.87.